The summed E-state index contributed by atoms with van der Waals surface area (Å²) in [5.41, 5.74) is 0. The lowest BCUT2D eigenvalue weighted by Crippen LogP contribution is -2.44. The number of amides is 1. The van der Waals surface area contributed by atoms with Crippen LogP contribution < -0.4 is 5.32 Å². The van der Waals surface area contributed by atoms with Crippen molar-refractivity contribution in [1.29, 1.82) is 0 Å². The van der Waals surface area contributed by atoms with E-state index in [-0.39, 0.29) is 0 Å². The zero-order valence-electron chi connectivity index (χ0n) is 9.11. The third kappa shape index (κ3) is 3.38. The number of piperidine rings is 1. The number of rotatable bonds is 4. The fourth-order valence-corrected chi connectivity index (χ4v) is 2.17. The molecule has 1 saturated heterocycles. The molecule has 2 N–H and O–H groups in total. The Balaban J connectivity index is 1.58. The Bertz CT molecular complexity index is 221. The second kappa shape index (κ2) is 4.84. The van der Waals surface area contributed by atoms with Crippen molar-refractivity contribution >= 4 is 6.09 Å². The number of carbonyl (C=O) groups is 1. The van der Waals surface area contributed by atoms with E-state index in [1.54, 1.807) is 0 Å². The van der Waals surface area contributed by atoms with Gasteiger partial charge in [-0.25, -0.2) is 4.79 Å². The fraction of sp³-hybridized carbons (Fsp3) is 0.909. The number of likely N-dealkylation sites (tertiary alicyclic amines) is 1. The molecule has 86 valence electrons. The van der Waals surface area contributed by atoms with Gasteiger partial charge in [0.1, 0.15) is 0 Å². The highest BCUT2D eigenvalue weighted by atomic mass is 16.4. The van der Waals surface area contributed by atoms with Crippen LogP contribution in [0.5, 0.6) is 0 Å². The highest BCUT2D eigenvalue weighted by Gasteiger charge is 2.23. The Morgan fingerprint density at radius 3 is 2.47 bits per heavy atom. The van der Waals surface area contributed by atoms with E-state index in [0.29, 0.717) is 19.1 Å². The van der Waals surface area contributed by atoms with Gasteiger partial charge in [0.2, 0.25) is 0 Å². The average Bonchev–Trinajstić information content (AvgIpc) is 3.02. The number of hydrogen-bond acceptors (Lipinski definition) is 2. The molecule has 1 aliphatic carbocycles. The van der Waals surface area contributed by atoms with Crippen LogP contribution in [0.15, 0.2) is 0 Å². The summed E-state index contributed by atoms with van der Waals surface area (Å²) in [7, 11) is 0. The molecule has 1 heterocycles. The SMILES string of the molecule is O=C(O)N1CCC(NCCC2CC2)CC1. The fourth-order valence-electron chi connectivity index (χ4n) is 2.17. The van der Waals surface area contributed by atoms with Crippen molar-refractivity contribution in [2.75, 3.05) is 19.6 Å². The van der Waals surface area contributed by atoms with Crippen molar-refractivity contribution in [1.82, 2.24) is 10.2 Å². The highest BCUT2D eigenvalue weighted by molar-refractivity contribution is 5.65. The van der Waals surface area contributed by atoms with E-state index in [9.17, 15) is 4.79 Å². The van der Waals surface area contributed by atoms with Crippen LogP contribution in [0.2, 0.25) is 0 Å². The van der Waals surface area contributed by atoms with Gasteiger partial charge in [0.25, 0.3) is 0 Å². The molecule has 0 aromatic rings. The van der Waals surface area contributed by atoms with Crippen molar-refractivity contribution in [3.63, 3.8) is 0 Å². The summed E-state index contributed by atoms with van der Waals surface area (Å²) in [5.74, 6) is 0.983. The van der Waals surface area contributed by atoms with Crippen LogP contribution in [0.3, 0.4) is 0 Å². The summed E-state index contributed by atoms with van der Waals surface area (Å²) in [4.78, 5) is 12.2. The second-order valence-electron chi connectivity index (χ2n) is 4.73. The lowest BCUT2D eigenvalue weighted by atomic mass is 10.1. The molecule has 15 heavy (non-hydrogen) atoms. The maximum absolute atomic E-state index is 10.7. The molecule has 0 unspecified atom stereocenters. The summed E-state index contributed by atoms with van der Waals surface area (Å²) >= 11 is 0. The van der Waals surface area contributed by atoms with Gasteiger partial charge in [-0.15, -0.1) is 0 Å². The maximum Gasteiger partial charge on any atom is 0.407 e. The summed E-state index contributed by atoms with van der Waals surface area (Å²) in [6.45, 7) is 2.50. The van der Waals surface area contributed by atoms with Crippen molar-refractivity contribution < 1.29 is 9.90 Å². The predicted molar refractivity (Wildman–Crippen MR) is 58.0 cm³/mol. The molecule has 1 amide bonds. The lowest BCUT2D eigenvalue weighted by Gasteiger charge is -2.30. The van der Waals surface area contributed by atoms with Crippen LogP contribution in [0.1, 0.15) is 32.1 Å². The van der Waals surface area contributed by atoms with Gasteiger partial charge in [0.15, 0.2) is 0 Å². The van der Waals surface area contributed by atoms with Gasteiger partial charge in [-0.05, 0) is 31.7 Å². The molecule has 0 atom stereocenters. The molecule has 4 heteroatoms. The number of nitrogens with one attached hydrogen (secondary N) is 1. The van der Waals surface area contributed by atoms with E-state index in [1.807, 2.05) is 0 Å². The standard InChI is InChI=1S/C11H20N2O2/c14-11(15)13-7-4-10(5-8-13)12-6-3-9-1-2-9/h9-10,12H,1-8H2,(H,14,15). The molecule has 0 bridgehead atoms. The Morgan fingerprint density at radius 2 is 1.93 bits per heavy atom. The van der Waals surface area contributed by atoms with E-state index in [0.717, 1.165) is 25.3 Å². The van der Waals surface area contributed by atoms with E-state index in [1.165, 1.54) is 24.2 Å². The number of carboxylic acid groups (broad SMARTS) is 1. The average molecular weight is 212 g/mol. The highest BCUT2D eigenvalue weighted by Crippen LogP contribution is 2.31. The first-order chi connectivity index (χ1) is 7.25. The monoisotopic (exact) mass is 212 g/mol. The lowest BCUT2D eigenvalue weighted by molar-refractivity contribution is 0.129. The Morgan fingerprint density at radius 1 is 1.27 bits per heavy atom. The first-order valence-corrected chi connectivity index (χ1v) is 5.97. The molecule has 1 saturated carbocycles. The third-order valence-corrected chi connectivity index (χ3v) is 3.45. The van der Waals surface area contributed by atoms with Gasteiger partial charge in [0, 0.05) is 19.1 Å². The van der Waals surface area contributed by atoms with E-state index >= 15 is 0 Å². The first-order valence-electron chi connectivity index (χ1n) is 5.97. The Kier molecular flexibility index (Phi) is 3.46. The van der Waals surface area contributed by atoms with Crippen molar-refractivity contribution in [2.45, 2.75) is 38.1 Å². The molecule has 0 aromatic carbocycles. The van der Waals surface area contributed by atoms with Gasteiger partial charge >= 0.3 is 6.09 Å². The molecule has 0 spiro atoms. The van der Waals surface area contributed by atoms with Gasteiger partial charge in [-0.3, -0.25) is 0 Å². The van der Waals surface area contributed by atoms with Crippen LogP contribution in [0.4, 0.5) is 4.79 Å². The molecule has 0 aromatic heterocycles. The van der Waals surface area contributed by atoms with Gasteiger partial charge in [-0.2, -0.15) is 0 Å². The molecular weight excluding hydrogens is 192 g/mol. The van der Waals surface area contributed by atoms with Crippen LogP contribution in [-0.4, -0.2) is 41.8 Å². The summed E-state index contributed by atoms with van der Waals surface area (Å²) in [5, 5.41) is 12.3. The minimum atomic E-state index is -0.772. The van der Waals surface area contributed by atoms with Crippen molar-refractivity contribution in [2.24, 2.45) is 5.92 Å². The van der Waals surface area contributed by atoms with Crippen molar-refractivity contribution in [3.8, 4) is 0 Å². The third-order valence-electron chi connectivity index (χ3n) is 3.45. The van der Waals surface area contributed by atoms with Crippen molar-refractivity contribution in [3.05, 3.63) is 0 Å². The van der Waals surface area contributed by atoms with Gasteiger partial charge in [0.05, 0.1) is 0 Å². The van der Waals surface area contributed by atoms with E-state index in [4.69, 9.17) is 5.11 Å². The maximum atomic E-state index is 10.7. The molecule has 1 aliphatic heterocycles. The number of hydrogen-bond donors (Lipinski definition) is 2. The topological polar surface area (TPSA) is 52.6 Å². The Hall–Kier alpha value is -0.770. The summed E-state index contributed by atoms with van der Waals surface area (Å²) in [6, 6.07) is 0.541. The normalized spacial score (nSPS) is 23.1. The quantitative estimate of drug-likeness (QED) is 0.743. The van der Waals surface area contributed by atoms with Gasteiger partial charge < -0.3 is 15.3 Å². The van der Waals surface area contributed by atoms with Crippen LogP contribution in [0, 0.1) is 5.92 Å². The minimum Gasteiger partial charge on any atom is -0.465 e. The first kappa shape index (κ1) is 10.7. The van der Waals surface area contributed by atoms with Crippen LogP contribution in [0.25, 0.3) is 0 Å². The summed E-state index contributed by atoms with van der Waals surface area (Å²) < 4.78 is 0. The molecule has 2 rings (SSSR count). The zero-order chi connectivity index (χ0) is 10.7. The van der Waals surface area contributed by atoms with E-state index < -0.39 is 6.09 Å². The number of nitrogens with zero attached hydrogens (tertiary/aromatic N) is 1. The van der Waals surface area contributed by atoms with Crippen LogP contribution >= 0.6 is 0 Å². The van der Waals surface area contributed by atoms with Crippen LogP contribution in [-0.2, 0) is 0 Å². The Labute approximate surface area is 90.6 Å². The molecule has 4 nitrogen and oxygen atoms in total. The summed E-state index contributed by atoms with van der Waals surface area (Å²) in [6.07, 6.45) is 5.30. The zero-order valence-corrected chi connectivity index (χ0v) is 9.11. The molecule has 0 radical (unpaired) electrons. The minimum absolute atomic E-state index is 0.541. The smallest absolute Gasteiger partial charge is 0.407 e. The molecular formula is C11H20N2O2. The molecule has 2 aliphatic rings. The largest absolute Gasteiger partial charge is 0.465 e. The predicted octanol–water partition coefficient (Wildman–Crippen LogP) is 1.52. The molecule has 2 fully saturated rings. The second-order valence-corrected chi connectivity index (χ2v) is 4.73. The van der Waals surface area contributed by atoms with E-state index in [2.05, 4.69) is 5.32 Å². The van der Waals surface area contributed by atoms with Gasteiger partial charge in [-0.1, -0.05) is 12.8 Å².